The molecule has 8 nitrogen and oxygen atoms in total. The Morgan fingerprint density at radius 3 is 2.44 bits per heavy atom. The zero-order valence-corrected chi connectivity index (χ0v) is 14.2. The molecule has 8 heteroatoms. The second-order valence-electron chi connectivity index (χ2n) is 7.10. The molecule has 4 heterocycles. The predicted octanol–water partition coefficient (Wildman–Crippen LogP) is 1.47. The lowest BCUT2D eigenvalue weighted by Crippen LogP contribution is -2.36. The molecule has 130 valence electrons. The summed E-state index contributed by atoms with van der Waals surface area (Å²) in [5, 5.41) is 21.9. The topological polar surface area (TPSA) is 77.0 Å². The smallest absolute Gasteiger partial charge is 0.177 e. The van der Waals surface area contributed by atoms with E-state index in [4.69, 9.17) is 5.10 Å². The number of hydrogen-bond donors (Lipinski definition) is 0. The zero-order valence-electron chi connectivity index (χ0n) is 14.2. The van der Waals surface area contributed by atoms with E-state index in [-0.39, 0.29) is 0 Å². The van der Waals surface area contributed by atoms with Crippen molar-refractivity contribution in [2.45, 2.75) is 44.1 Å². The van der Waals surface area contributed by atoms with Crippen molar-refractivity contribution >= 4 is 5.65 Å². The summed E-state index contributed by atoms with van der Waals surface area (Å²) >= 11 is 0. The summed E-state index contributed by atoms with van der Waals surface area (Å²) in [4.78, 5) is 4.23. The van der Waals surface area contributed by atoms with Gasteiger partial charge in [0.15, 0.2) is 11.5 Å². The first-order valence-electron chi connectivity index (χ1n) is 9.15. The van der Waals surface area contributed by atoms with Crippen LogP contribution in [0.15, 0.2) is 24.5 Å². The molecule has 0 spiro atoms. The van der Waals surface area contributed by atoms with Gasteiger partial charge in [0.05, 0.1) is 24.6 Å². The quantitative estimate of drug-likeness (QED) is 0.701. The number of likely N-dealkylation sites (tertiary alicyclic amines) is 1. The molecule has 0 atom stereocenters. The van der Waals surface area contributed by atoms with E-state index in [9.17, 15) is 0 Å². The van der Waals surface area contributed by atoms with Gasteiger partial charge in [0.25, 0.3) is 0 Å². The molecule has 1 aliphatic heterocycles. The van der Waals surface area contributed by atoms with Crippen LogP contribution in [0.4, 0.5) is 0 Å². The average Bonchev–Trinajstić information content (AvgIpc) is 3.21. The normalized spacial score (nSPS) is 19.7. The lowest BCUT2D eigenvalue weighted by atomic mass is 9.96. The van der Waals surface area contributed by atoms with Crippen LogP contribution in [0.5, 0.6) is 0 Å². The molecule has 0 bridgehead atoms. The average molecular weight is 338 g/mol. The Balaban J connectivity index is 1.25. The Labute approximate surface area is 145 Å². The summed E-state index contributed by atoms with van der Waals surface area (Å²) < 4.78 is 1.99. The van der Waals surface area contributed by atoms with Gasteiger partial charge < -0.3 is 4.90 Å². The molecule has 1 saturated carbocycles. The van der Waals surface area contributed by atoms with Crippen molar-refractivity contribution in [1.82, 2.24) is 39.7 Å². The van der Waals surface area contributed by atoms with E-state index < -0.39 is 0 Å². The third-order valence-corrected chi connectivity index (χ3v) is 5.34. The van der Waals surface area contributed by atoms with Gasteiger partial charge in [0.2, 0.25) is 0 Å². The van der Waals surface area contributed by atoms with Crippen molar-refractivity contribution in [2.24, 2.45) is 0 Å². The summed E-state index contributed by atoms with van der Waals surface area (Å²) in [6.45, 7) is 3.98. The molecule has 3 aromatic rings. The maximum absolute atomic E-state index is 4.82. The van der Waals surface area contributed by atoms with E-state index >= 15 is 0 Å². The predicted molar refractivity (Wildman–Crippen MR) is 91.2 cm³/mol. The van der Waals surface area contributed by atoms with Crippen molar-refractivity contribution in [3.8, 4) is 0 Å². The molecule has 0 aromatic carbocycles. The molecule has 0 amide bonds. The maximum atomic E-state index is 4.82. The number of fused-ring (bicyclic) bond motifs is 1. The number of rotatable bonds is 5. The lowest BCUT2D eigenvalue weighted by Gasteiger charge is -2.30. The molecule has 0 radical (unpaired) electrons. The van der Waals surface area contributed by atoms with E-state index in [1.807, 2.05) is 4.52 Å². The third-order valence-electron chi connectivity index (χ3n) is 5.34. The van der Waals surface area contributed by atoms with Gasteiger partial charge in [0, 0.05) is 18.4 Å². The van der Waals surface area contributed by atoms with E-state index in [1.54, 1.807) is 17.2 Å². The molecule has 0 N–H and O–H groups in total. The minimum atomic E-state index is 0.441. The summed E-state index contributed by atoms with van der Waals surface area (Å²) in [7, 11) is 0. The van der Waals surface area contributed by atoms with Crippen molar-refractivity contribution in [3.05, 3.63) is 36.0 Å². The van der Waals surface area contributed by atoms with E-state index in [2.05, 4.69) is 37.4 Å². The largest absolute Gasteiger partial charge is 0.301 e. The summed E-state index contributed by atoms with van der Waals surface area (Å²) in [6.07, 6.45) is 8.18. The molecule has 0 unspecified atom stereocenters. The van der Waals surface area contributed by atoms with Crippen molar-refractivity contribution < 1.29 is 0 Å². The molecular weight excluding hydrogens is 316 g/mol. The fraction of sp³-hybridized carbons (Fsp3) is 0.588. The van der Waals surface area contributed by atoms with Gasteiger partial charge in [-0.3, -0.25) is 0 Å². The Morgan fingerprint density at radius 2 is 1.68 bits per heavy atom. The maximum Gasteiger partial charge on any atom is 0.177 e. The van der Waals surface area contributed by atoms with Crippen molar-refractivity contribution in [2.75, 3.05) is 19.6 Å². The van der Waals surface area contributed by atoms with Crippen LogP contribution >= 0.6 is 0 Å². The van der Waals surface area contributed by atoms with Gasteiger partial charge in [-0.25, -0.2) is 0 Å². The Morgan fingerprint density at radius 1 is 0.880 bits per heavy atom. The number of hydrogen-bond acceptors (Lipinski definition) is 6. The fourth-order valence-electron chi connectivity index (χ4n) is 3.68. The highest BCUT2D eigenvalue weighted by Crippen LogP contribution is 2.39. The Kier molecular flexibility index (Phi) is 3.70. The standard InChI is InChI=1S/C17H22N8/c1-2-13(1)15-3-4-16-20-21-17(25(16)22-15)14-5-9-23(10-6-14)11-12-24-18-7-8-19-24/h3-4,7-8,13-14H,1-2,5-6,9-12H2. The van der Waals surface area contributed by atoms with Crippen LogP contribution in [-0.2, 0) is 6.54 Å². The van der Waals surface area contributed by atoms with Gasteiger partial charge in [-0.15, -0.1) is 10.2 Å². The van der Waals surface area contributed by atoms with Gasteiger partial charge in [-0.1, -0.05) is 0 Å². The van der Waals surface area contributed by atoms with Gasteiger partial charge in [-0.05, 0) is 50.9 Å². The van der Waals surface area contributed by atoms with Gasteiger partial charge in [-0.2, -0.15) is 24.6 Å². The van der Waals surface area contributed by atoms with E-state index in [0.717, 1.165) is 50.5 Å². The minimum absolute atomic E-state index is 0.441. The molecule has 1 saturated heterocycles. The first-order valence-corrected chi connectivity index (χ1v) is 9.15. The van der Waals surface area contributed by atoms with E-state index in [0.29, 0.717) is 11.8 Å². The van der Waals surface area contributed by atoms with Crippen LogP contribution < -0.4 is 0 Å². The molecule has 5 rings (SSSR count). The van der Waals surface area contributed by atoms with Crippen molar-refractivity contribution in [3.63, 3.8) is 0 Å². The number of nitrogens with zero attached hydrogens (tertiary/aromatic N) is 8. The first-order chi connectivity index (χ1) is 12.4. The minimum Gasteiger partial charge on any atom is -0.301 e. The van der Waals surface area contributed by atoms with Crippen LogP contribution in [0, 0.1) is 0 Å². The zero-order chi connectivity index (χ0) is 16.6. The monoisotopic (exact) mass is 338 g/mol. The SMILES string of the molecule is c1cnn(CCN2CCC(c3nnc4ccc(C5CC5)nn34)CC2)n1. The first kappa shape index (κ1) is 14.9. The second kappa shape index (κ2) is 6.18. The fourth-order valence-corrected chi connectivity index (χ4v) is 3.68. The highest BCUT2D eigenvalue weighted by molar-refractivity contribution is 5.38. The Bertz CT molecular complexity index is 843. The molecular formula is C17H22N8. The number of piperidine rings is 1. The van der Waals surface area contributed by atoms with Crippen LogP contribution in [0.1, 0.15) is 49.0 Å². The highest BCUT2D eigenvalue weighted by Gasteiger charge is 2.28. The molecule has 1 aliphatic carbocycles. The van der Waals surface area contributed by atoms with Crippen LogP contribution in [0.25, 0.3) is 5.65 Å². The second-order valence-corrected chi connectivity index (χ2v) is 7.10. The summed E-state index contributed by atoms with van der Waals surface area (Å²) in [6, 6.07) is 4.17. The lowest BCUT2D eigenvalue weighted by molar-refractivity contribution is 0.196. The van der Waals surface area contributed by atoms with Gasteiger partial charge in [0.1, 0.15) is 0 Å². The molecule has 2 aliphatic rings. The van der Waals surface area contributed by atoms with Gasteiger partial charge >= 0.3 is 0 Å². The summed E-state index contributed by atoms with van der Waals surface area (Å²) in [5.74, 6) is 2.12. The highest BCUT2D eigenvalue weighted by atomic mass is 15.5. The van der Waals surface area contributed by atoms with E-state index in [1.165, 1.54) is 18.5 Å². The van der Waals surface area contributed by atoms with Crippen LogP contribution in [-0.4, -0.2) is 59.3 Å². The van der Waals surface area contributed by atoms with Crippen LogP contribution in [0.3, 0.4) is 0 Å². The Hall–Kier alpha value is -2.35. The molecule has 2 fully saturated rings. The number of aromatic nitrogens is 7. The van der Waals surface area contributed by atoms with Crippen molar-refractivity contribution in [1.29, 1.82) is 0 Å². The van der Waals surface area contributed by atoms with Crippen LogP contribution in [0.2, 0.25) is 0 Å². The summed E-state index contributed by atoms with van der Waals surface area (Å²) in [5.41, 5.74) is 2.06. The molecule has 25 heavy (non-hydrogen) atoms. The third kappa shape index (κ3) is 3.02. The molecule has 3 aromatic heterocycles.